The third-order valence-corrected chi connectivity index (χ3v) is 4.11. The van der Waals surface area contributed by atoms with Crippen molar-refractivity contribution in [1.82, 2.24) is 15.5 Å². The number of piperidine rings is 1. The Kier molecular flexibility index (Phi) is 4.58. The lowest BCUT2D eigenvalue weighted by Gasteiger charge is -2.35. The van der Waals surface area contributed by atoms with Crippen molar-refractivity contribution < 1.29 is 4.79 Å². The second-order valence-electron chi connectivity index (χ2n) is 5.37. The molecule has 0 spiro atoms. The molecule has 1 aliphatic heterocycles. The van der Waals surface area contributed by atoms with E-state index in [1.807, 2.05) is 6.07 Å². The molecule has 1 fully saturated rings. The summed E-state index contributed by atoms with van der Waals surface area (Å²) in [6.45, 7) is 6.06. The molecule has 1 aromatic rings. The molecule has 1 saturated heterocycles. The largest absolute Gasteiger partial charge is 0.317 e. The summed E-state index contributed by atoms with van der Waals surface area (Å²) in [5, 5.41) is 13.4. The summed E-state index contributed by atoms with van der Waals surface area (Å²) in [6.07, 6.45) is 4.72. The van der Waals surface area contributed by atoms with Gasteiger partial charge in [0.2, 0.25) is 5.91 Å². The van der Waals surface area contributed by atoms with Crippen molar-refractivity contribution in [2.24, 2.45) is 5.41 Å². The molecule has 0 saturated carbocycles. The molecule has 0 unspecified atom stereocenters. The van der Waals surface area contributed by atoms with Crippen molar-refractivity contribution in [2.45, 2.75) is 46.0 Å². The van der Waals surface area contributed by atoms with Gasteiger partial charge in [-0.1, -0.05) is 20.3 Å². The number of aromatic nitrogens is 2. The van der Waals surface area contributed by atoms with Crippen LogP contribution in [-0.2, 0) is 11.2 Å². The minimum absolute atomic E-state index is 0.117. The third-order valence-electron chi connectivity index (χ3n) is 4.11. The fourth-order valence-electron chi connectivity index (χ4n) is 2.72. The first-order valence-corrected chi connectivity index (χ1v) is 7.26. The topological polar surface area (TPSA) is 69.8 Å². The minimum Gasteiger partial charge on any atom is -0.317 e. The molecule has 1 amide bonds. The van der Waals surface area contributed by atoms with E-state index >= 15 is 0 Å². The monoisotopic (exact) mass is 264 g/mol. The smallest absolute Gasteiger partial charge is 0.231 e. The Morgan fingerprint density at radius 1 is 1.42 bits per heavy atom. The second kappa shape index (κ2) is 6.19. The highest BCUT2D eigenvalue weighted by molar-refractivity contribution is 5.94. The molecule has 0 radical (unpaired) electrons. The number of hydrogen-bond acceptors (Lipinski definition) is 3. The van der Waals surface area contributed by atoms with Crippen LogP contribution in [-0.4, -0.2) is 29.2 Å². The molecule has 5 nitrogen and oxygen atoms in total. The molecule has 3 N–H and O–H groups in total. The van der Waals surface area contributed by atoms with E-state index in [-0.39, 0.29) is 11.3 Å². The summed E-state index contributed by atoms with van der Waals surface area (Å²) in [5.41, 5.74) is 0.850. The highest BCUT2D eigenvalue weighted by Gasteiger charge is 2.37. The number of anilines is 1. The summed E-state index contributed by atoms with van der Waals surface area (Å²) in [4.78, 5) is 12.5. The van der Waals surface area contributed by atoms with E-state index < -0.39 is 0 Å². The van der Waals surface area contributed by atoms with Gasteiger partial charge < -0.3 is 10.6 Å². The van der Waals surface area contributed by atoms with Crippen LogP contribution < -0.4 is 10.6 Å². The standard InChI is InChI=1S/C14H24N4O/c1-3-5-11-10-12(18-17-11)16-13(19)14(4-2)6-8-15-9-7-14/h10,15H,3-9H2,1-2H3,(H2,16,17,18,19). The Bertz CT molecular complexity index is 421. The Hall–Kier alpha value is -1.36. The summed E-state index contributed by atoms with van der Waals surface area (Å²) in [6, 6.07) is 1.94. The molecule has 19 heavy (non-hydrogen) atoms. The van der Waals surface area contributed by atoms with Crippen molar-refractivity contribution in [3.05, 3.63) is 11.8 Å². The summed E-state index contributed by atoms with van der Waals surface area (Å²) in [5.74, 6) is 0.769. The first-order valence-electron chi connectivity index (χ1n) is 7.26. The van der Waals surface area contributed by atoms with Crippen LogP contribution in [0.1, 0.15) is 45.2 Å². The zero-order valence-electron chi connectivity index (χ0n) is 11.9. The molecule has 0 aromatic carbocycles. The Balaban J connectivity index is 2.01. The van der Waals surface area contributed by atoms with Crippen molar-refractivity contribution in [2.75, 3.05) is 18.4 Å². The van der Waals surface area contributed by atoms with E-state index in [0.29, 0.717) is 5.82 Å². The van der Waals surface area contributed by atoms with E-state index in [0.717, 1.165) is 50.9 Å². The summed E-state index contributed by atoms with van der Waals surface area (Å²) >= 11 is 0. The third kappa shape index (κ3) is 3.15. The van der Waals surface area contributed by atoms with Gasteiger partial charge in [0.1, 0.15) is 0 Å². The van der Waals surface area contributed by atoms with Gasteiger partial charge in [-0.2, -0.15) is 5.10 Å². The Morgan fingerprint density at radius 2 is 2.16 bits per heavy atom. The number of carbonyl (C=O) groups excluding carboxylic acids is 1. The number of rotatable bonds is 5. The van der Waals surface area contributed by atoms with Crippen LogP contribution >= 0.6 is 0 Å². The number of H-pyrrole nitrogens is 1. The van der Waals surface area contributed by atoms with Crippen LogP contribution in [0.15, 0.2) is 6.07 Å². The van der Waals surface area contributed by atoms with E-state index in [9.17, 15) is 4.79 Å². The second-order valence-corrected chi connectivity index (χ2v) is 5.37. The van der Waals surface area contributed by atoms with E-state index in [1.54, 1.807) is 0 Å². The Morgan fingerprint density at radius 3 is 2.79 bits per heavy atom. The lowest BCUT2D eigenvalue weighted by atomic mass is 9.76. The number of hydrogen-bond donors (Lipinski definition) is 3. The van der Waals surface area contributed by atoms with Gasteiger partial charge in [0, 0.05) is 11.8 Å². The fraction of sp³-hybridized carbons (Fsp3) is 0.714. The van der Waals surface area contributed by atoms with Gasteiger partial charge in [-0.05, 0) is 38.8 Å². The maximum absolute atomic E-state index is 12.5. The predicted molar refractivity (Wildman–Crippen MR) is 76.0 cm³/mol. The first-order chi connectivity index (χ1) is 9.20. The average Bonchev–Trinajstić information content (AvgIpc) is 2.87. The van der Waals surface area contributed by atoms with Crippen molar-refractivity contribution in [3.63, 3.8) is 0 Å². The van der Waals surface area contributed by atoms with E-state index in [1.165, 1.54) is 0 Å². The molecule has 5 heteroatoms. The predicted octanol–water partition coefficient (Wildman–Crippen LogP) is 2.08. The van der Waals surface area contributed by atoms with Crippen LogP contribution in [0.4, 0.5) is 5.82 Å². The van der Waals surface area contributed by atoms with Crippen LogP contribution in [0.2, 0.25) is 0 Å². The highest BCUT2D eigenvalue weighted by atomic mass is 16.2. The molecule has 0 atom stereocenters. The lowest BCUT2D eigenvalue weighted by molar-refractivity contribution is -0.127. The van der Waals surface area contributed by atoms with E-state index in [4.69, 9.17) is 0 Å². The number of amides is 1. The Labute approximate surface area is 114 Å². The zero-order chi connectivity index (χ0) is 13.7. The van der Waals surface area contributed by atoms with Crippen LogP contribution in [0, 0.1) is 5.41 Å². The normalized spacial score (nSPS) is 18.2. The zero-order valence-corrected chi connectivity index (χ0v) is 11.9. The number of aromatic amines is 1. The highest BCUT2D eigenvalue weighted by Crippen LogP contribution is 2.33. The SMILES string of the molecule is CCCc1cc(NC(=O)C2(CC)CCNCC2)n[nH]1. The van der Waals surface area contributed by atoms with Crippen LogP contribution in [0.25, 0.3) is 0 Å². The van der Waals surface area contributed by atoms with Crippen LogP contribution in [0.5, 0.6) is 0 Å². The molecule has 0 bridgehead atoms. The van der Waals surface area contributed by atoms with Gasteiger partial charge in [0.25, 0.3) is 0 Å². The van der Waals surface area contributed by atoms with Gasteiger partial charge in [0.05, 0.1) is 5.41 Å². The molecule has 1 aliphatic rings. The first kappa shape index (κ1) is 14.1. The van der Waals surface area contributed by atoms with Gasteiger partial charge >= 0.3 is 0 Å². The maximum Gasteiger partial charge on any atom is 0.231 e. The molecule has 1 aromatic heterocycles. The molecular weight excluding hydrogens is 240 g/mol. The number of carbonyl (C=O) groups is 1. The number of nitrogens with one attached hydrogen (secondary N) is 3. The van der Waals surface area contributed by atoms with Crippen molar-refractivity contribution in [1.29, 1.82) is 0 Å². The fourth-order valence-corrected chi connectivity index (χ4v) is 2.72. The van der Waals surface area contributed by atoms with Gasteiger partial charge in [-0.3, -0.25) is 9.89 Å². The summed E-state index contributed by atoms with van der Waals surface area (Å²) in [7, 11) is 0. The lowest BCUT2D eigenvalue weighted by Crippen LogP contribution is -2.44. The quantitative estimate of drug-likeness (QED) is 0.762. The maximum atomic E-state index is 12.5. The minimum atomic E-state index is -0.227. The molecule has 2 heterocycles. The van der Waals surface area contributed by atoms with Gasteiger partial charge in [-0.25, -0.2) is 0 Å². The van der Waals surface area contributed by atoms with E-state index in [2.05, 4.69) is 34.7 Å². The average molecular weight is 264 g/mol. The van der Waals surface area contributed by atoms with Gasteiger partial charge in [0.15, 0.2) is 5.82 Å². The number of nitrogens with zero attached hydrogens (tertiary/aromatic N) is 1. The van der Waals surface area contributed by atoms with Crippen molar-refractivity contribution in [3.8, 4) is 0 Å². The molecule has 0 aliphatic carbocycles. The molecular formula is C14H24N4O. The number of aryl methyl sites for hydroxylation is 1. The summed E-state index contributed by atoms with van der Waals surface area (Å²) < 4.78 is 0. The van der Waals surface area contributed by atoms with Gasteiger partial charge in [-0.15, -0.1) is 0 Å². The molecule has 106 valence electrons. The van der Waals surface area contributed by atoms with Crippen LogP contribution in [0.3, 0.4) is 0 Å². The molecule has 2 rings (SSSR count). The van der Waals surface area contributed by atoms with Crippen molar-refractivity contribution >= 4 is 11.7 Å².